The van der Waals surface area contributed by atoms with Crippen molar-refractivity contribution < 1.29 is 9.53 Å². The summed E-state index contributed by atoms with van der Waals surface area (Å²) in [5, 5.41) is 9.42. The van der Waals surface area contributed by atoms with Gasteiger partial charge in [0, 0.05) is 28.3 Å². The Labute approximate surface area is 200 Å². The molecule has 0 aliphatic carbocycles. The molecule has 1 atom stereocenters. The van der Waals surface area contributed by atoms with Crippen LogP contribution in [0, 0.1) is 12.8 Å². The minimum Gasteiger partial charge on any atom is -0.447 e. The highest BCUT2D eigenvalue weighted by molar-refractivity contribution is 9.10. The molecule has 1 aliphatic rings. The van der Waals surface area contributed by atoms with Crippen molar-refractivity contribution in [3.63, 3.8) is 0 Å². The first kappa shape index (κ1) is 22.7. The quantitative estimate of drug-likeness (QED) is 0.379. The number of hydrogen-bond donors (Lipinski definition) is 0. The number of carbonyl (C=O) groups is 1. The number of anilines is 1. The standard InChI is InChI=1S/C24H25BrN4O2S/c1-14(2)11-12-32-24-26-22-21(27-28-24)19-13-15(3)5-10-20(19)29(16(4)30)23(31-22)17-6-8-18(25)9-7-17/h5-10,13-14,23H,11-12H2,1-4H3. The number of amides is 1. The van der Waals surface area contributed by atoms with Crippen LogP contribution >= 0.6 is 27.7 Å². The first-order valence-corrected chi connectivity index (χ1v) is 12.3. The minimum atomic E-state index is -0.673. The van der Waals surface area contributed by atoms with E-state index in [1.165, 1.54) is 0 Å². The van der Waals surface area contributed by atoms with Crippen LogP contribution in [0.2, 0.25) is 0 Å². The van der Waals surface area contributed by atoms with Gasteiger partial charge in [-0.25, -0.2) is 0 Å². The molecule has 4 rings (SSSR count). The number of thioether (sulfide) groups is 1. The third-order valence-electron chi connectivity index (χ3n) is 5.18. The van der Waals surface area contributed by atoms with E-state index >= 15 is 0 Å². The zero-order valence-corrected chi connectivity index (χ0v) is 20.9. The average Bonchev–Trinajstić information content (AvgIpc) is 2.88. The van der Waals surface area contributed by atoms with Gasteiger partial charge in [0.2, 0.25) is 23.2 Å². The van der Waals surface area contributed by atoms with Crippen LogP contribution in [0.25, 0.3) is 11.3 Å². The van der Waals surface area contributed by atoms with Gasteiger partial charge in [0.25, 0.3) is 0 Å². The Bertz CT molecular complexity index is 1140. The van der Waals surface area contributed by atoms with Gasteiger partial charge in [-0.05, 0) is 43.5 Å². The van der Waals surface area contributed by atoms with Crippen molar-refractivity contribution in [2.45, 2.75) is 45.5 Å². The fourth-order valence-corrected chi connectivity index (χ4v) is 4.79. The van der Waals surface area contributed by atoms with Crippen molar-refractivity contribution in [2.24, 2.45) is 5.92 Å². The van der Waals surface area contributed by atoms with Gasteiger partial charge in [0.1, 0.15) is 0 Å². The van der Waals surface area contributed by atoms with Crippen LogP contribution < -0.4 is 9.64 Å². The normalized spacial score (nSPS) is 15.1. The zero-order chi connectivity index (χ0) is 22.8. The number of hydrogen-bond acceptors (Lipinski definition) is 6. The number of fused-ring (bicyclic) bond motifs is 3. The molecule has 0 spiro atoms. The summed E-state index contributed by atoms with van der Waals surface area (Å²) in [7, 11) is 0. The Morgan fingerprint density at radius 3 is 2.62 bits per heavy atom. The molecule has 0 radical (unpaired) electrons. The van der Waals surface area contributed by atoms with Gasteiger partial charge < -0.3 is 4.74 Å². The molecule has 3 aromatic rings. The van der Waals surface area contributed by atoms with Gasteiger partial charge in [-0.1, -0.05) is 65.3 Å². The maximum absolute atomic E-state index is 12.8. The second kappa shape index (κ2) is 9.58. The number of nitrogens with zero attached hydrogens (tertiary/aromatic N) is 4. The Hall–Kier alpha value is -2.45. The van der Waals surface area contributed by atoms with Crippen molar-refractivity contribution in [2.75, 3.05) is 10.7 Å². The van der Waals surface area contributed by atoms with Crippen LogP contribution in [0.1, 0.15) is 44.5 Å². The molecule has 32 heavy (non-hydrogen) atoms. The summed E-state index contributed by atoms with van der Waals surface area (Å²) < 4.78 is 7.36. The first-order valence-electron chi connectivity index (χ1n) is 10.5. The fraction of sp³-hybridized carbons (Fsp3) is 0.333. The van der Waals surface area contributed by atoms with Gasteiger partial charge in [0.15, 0.2) is 5.69 Å². The summed E-state index contributed by atoms with van der Waals surface area (Å²) in [6, 6.07) is 13.7. The molecule has 6 nitrogen and oxygen atoms in total. The van der Waals surface area contributed by atoms with Crippen LogP contribution in [0.5, 0.6) is 5.88 Å². The van der Waals surface area contributed by atoms with Gasteiger partial charge in [-0.2, -0.15) is 4.98 Å². The Kier molecular flexibility index (Phi) is 6.81. The third kappa shape index (κ3) is 4.81. The highest BCUT2D eigenvalue weighted by atomic mass is 79.9. The van der Waals surface area contributed by atoms with E-state index in [1.807, 2.05) is 49.4 Å². The number of aromatic nitrogens is 3. The predicted molar refractivity (Wildman–Crippen MR) is 131 cm³/mol. The largest absolute Gasteiger partial charge is 0.447 e. The van der Waals surface area contributed by atoms with Crippen LogP contribution in [-0.4, -0.2) is 26.8 Å². The average molecular weight is 513 g/mol. The Morgan fingerprint density at radius 2 is 1.94 bits per heavy atom. The summed E-state index contributed by atoms with van der Waals surface area (Å²) >= 11 is 5.04. The molecule has 2 heterocycles. The van der Waals surface area contributed by atoms with Crippen LogP contribution in [0.4, 0.5) is 5.69 Å². The summed E-state index contributed by atoms with van der Waals surface area (Å²) in [6.07, 6.45) is 0.390. The van der Waals surface area contributed by atoms with Crippen LogP contribution in [0.15, 0.2) is 52.1 Å². The molecule has 1 amide bonds. The smallest absolute Gasteiger partial charge is 0.247 e. The number of halogens is 1. The van der Waals surface area contributed by atoms with E-state index in [0.29, 0.717) is 22.6 Å². The molecular weight excluding hydrogens is 488 g/mol. The van der Waals surface area contributed by atoms with E-state index in [2.05, 4.69) is 40.0 Å². The van der Waals surface area contributed by atoms with Gasteiger partial charge in [-0.3, -0.25) is 9.69 Å². The third-order valence-corrected chi connectivity index (χ3v) is 6.58. The van der Waals surface area contributed by atoms with Crippen molar-refractivity contribution in [1.29, 1.82) is 0 Å². The lowest BCUT2D eigenvalue weighted by atomic mass is 10.0. The minimum absolute atomic E-state index is 0.129. The molecule has 0 N–H and O–H groups in total. The van der Waals surface area contributed by atoms with Gasteiger partial charge >= 0.3 is 0 Å². The van der Waals surface area contributed by atoms with Crippen molar-refractivity contribution in [3.05, 3.63) is 58.1 Å². The van der Waals surface area contributed by atoms with Crippen molar-refractivity contribution in [1.82, 2.24) is 15.2 Å². The summed E-state index contributed by atoms with van der Waals surface area (Å²) in [5.74, 6) is 1.77. The SMILES string of the molecule is CC(=O)N1c2ccc(C)cc2-c2nnc(SCCC(C)C)nc2OC1c1ccc(Br)cc1. The lowest BCUT2D eigenvalue weighted by Crippen LogP contribution is -2.36. The van der Waals surface area contributed by atoms with E-state index in [0.717, 1.165) is 39.0 Å². The lowest BCUT2D eigenvalue weighted by Gasteiger charge is -2.30. The van der Waals surface area contributed by atoms with E-state index in [4.69, 9.17) is 9.72 Å². The van der Waals surface area contributed by atoms with E-state index in [1.54, 1.807) is 23.6 Å². The summed E-state index contributed by atoms with van der Waals surface area (Å²) in [5.41, 5.74) is 3.95. The monoisotopic (exact) mass is 512 g/mol. The molecular formula is C24H25BrN4O2S. The van der Waals surface area contributed by atoms with Crippen molar-refractivity contribution >= 4 is 39.3 Å². The Balaban J connectivity index is 1.84. The zero-order valence-electron chi connectivity index (χ0n) is 18.5. The van der Waals surface area contributed by atoms with E-state index in [9.17, 15) is 4.79 Å². The molecule has 0 saturated carbocycles. The molecule has 1 unspecified atom stereocenters. The number of ether oxygens (including phenoxy) is 1. The van der Waals surface area contributed by atoms with Gasteiger partial charge in [-0.15, -0.1) is 10.2 Å². The first-order chi connectivity index (χ1) is 15.3. The maximum atomic E-state index is 12.8. The summed E-state index contributed by atoms with van der Waals surface area (Å²) in [4.78, 5) is 19.2. The molecule has 2 aromatic carbocycles. The second-order valence-corrected chi connectivity index (χ2v) is 10.2. The summed E-state index contributed by atoms with van der Waals surface area (Å²) in [6.45, 7) is 7.94. The number of carbonyl (C=O) groups excluding carboxylic acids is 1. The molecule has 166 valence electrons. The number of aryl methyl sites for hydroxylation is 1. The maximum Gasteiger partial charge on any atom is 0.247 e. The predicted octanol–water partition coefficient (Wildman–Crippen LogP) is 6.19. The topological polar surface area (TPSA) is 68.2 Å². The van der Waals surface area contributed by atoms with Crippen molar-refractivity contribution in [3.8, 4) is 17.1 Å². The molecule has 0 fully saturated rings. The van der Waals surface area contributed by atoms with E-state index in [-0.39, 0.29) is 5.91 Å². The second-order valence-electron chi connectivity index (χ2n) is 8.21. The Morgan fingerprint density at radius 1 is 1.19 bits per heavy atom. The fourth-order valence-electron chi connectivity index (χ4n) is 3.51. The number of benzene rings is 2. The number of rotatable bonds is 5. The van der Waals surface area contributed by atoms with Crippen LogP contribution in [-0.2, 0) is 4.79 Å². The molecule has 1 aliphatic heterocycles. The molecule has 1 aromatic heterocycles. The molecule has 0 saturated heterocycles. The van der Waals surface area contributed by atoms with Crippen LogP contribution in [0.3, 0.4) is 0 Å². The molecule has 8 heteroatoms. The van der Waals surface area contributed by atoms with E-state index < -0.39 is 6.23 Å². The molecule has 0 bridgehead atoms. The van der Waals surface area contributed by atoms with Gasteiger partial charge in [0.05, 0.1) is 5.69 Å². The highest BCUT2D eigenvalue weighted by Gasteiger charge is 2.34. The highest BCUT2D eigenvalue weighted by Crippen LogP contribution is 2.44. The lowest BCUT2D eigenvalue weighted by molar-refractivity contribution is -0.118.